The SMILES string of the molecule is COc1ccc(CCCCS)cc1OC. The maximum absolute atomic E-state index is 5.24. The zero-order chi connectivity index (χ0) is 11.1. The Kier molecular flexibility index (Phi) is 5.40. The van der Waals surface area contributed by atoms with E-state index in [1.165, 1.54) is 12.0 Å². The van der Waals surface area contributed by atoms with Crippen molar-refractivity contribution in [3.05, 3.63) is 23.8 Å². The van der Waals surface area contributed by atoms with Gasteiger partial charge in [-0.2, -0.15) is 12.6 Å². The van der Waals surface area contributed by atoms with E-state index in [4.69, 9.17) is 9.47 Å². The summed E-state index contributed by atoms with van der Waals surface area (Å²) in [4.78, 5) is 0. The fourth-order valence-corrected chi connectivity index (χ4v) is 1.70. The van der Waals surface area contributed by atoms with Gasteiger partial charge in [0.05, 0.1) is 14.2 Å². The van der Waals surface area contributed by atoms with Gasteiger partial charge in [0.25, 0.3) is 0 Å². The van der Waals surface area contributed by atoms with E-state index in [9.17, 15) is 0 Å². The molecule has 0 heterocycles. The molecule has 84 valence electrons. The second kappa shape index (κ2) is 6.62. The van der Waals surface area contributed by atoms with Gasteiger partial charge < -0.3 is 9.47 Å². The molecule has 1 aromatic carbocycles. The van der Waals surface area contributed by atoms with Crippen molar-refractivity contribution in [1.82, 2.24) is 0 Å². The second-order valence-corrected chi connectivity index (χ2v) is 3.82. The third kappa shape index (κ3) is 3.67. The molecule has 0 saturated heterocycles. The highest BCUT2D eigenvalue weighted by molar-refractivity contribution is 7.80. The molecule has 3 heteroatoms. The fraction of sp³-hybridized carbons (Fsp3) is 0.500. The zero-order valence-corrected chi connectivity index (χ0v) is 10.2. The monoisotopic (exact) mass is 226 g/mol. The summed E-state index contributed by atoms with van der Waals surface area (Å²) in [5.41, 5.74) is 1.29. The molecule has 0 aliphatic heterocycles. The van der Waals surface area contributed by atoms with Gasteiger partial charge in [-0.05, 0) is 42.7 Å². The van der Waals surface area contributed by atoms with Crippen LogP contribution in [0.15, 0.2) is 18.2 Å². The average molecular weight is 226 g/mol. The second-order valence-electron chi connectivity index (χ2n) is 3.37. The van der Waals surface area contributed by atoms with Crippen LogP contribution in [0.1, 0.15) is 18.4 Å². The number of ether oxygens (including phenoxy) is 2. The molecule has 0 aromatic heterocycles. The van der Waals surface area contributed by atoms with Crippen LogP contribution >= 0.6 is 12.6 Å². The Morgan fingerprint density at radius 1 is 1.07 bits per heavy atom. The van der Waals surface area contributed by atoms with Crippen molar-refractivity contribution in [2.75, 3.05) is 20.0 Å². The zero-order valence-electron chi connectivity index (χ0n) is 9.32. The molecule has 2 nitrogen and oxygen atoms in total. The largest absolute Gasteiger partial charge is 0.493 e. The summed E-state index contributed by atoms with van der Waals surface area (Å²) >= 11 is 4.19. The van der Waals surface area contributed by atoms with Gasteiger partial charge in [-0.1, -0.05) is 6.07 Å². The molecule has 0 bridgehead atoms. The number of hydrogen-bond donors (Lipinski definition) is 1. The normalized spacial score (nSPS) is 10.1. The predicted molar refractivity (Wildman–Crippen MR) is 66.3 cm³/mol. The van der Waals surface area contributed by atoms with Crippen LogP contribution in [0.25, 0.3) is 0 Å². The molecule has 1 aromatic rings. The maximum atomic E-state index is 5.24. The molecule has 0 radical (unpaired) electrons. The summed E-state index contributed by atoms with van der Waals surface area (Å²) in [5.74, 6) is 2.55. The van der Waals surface area contributed by atoms with Crippen LogP contribution in [0, 0.1) is 0 Å². The number of unbranched alkanes of at least 4 members (excludes halogenated alkanes) is 1. The van der Waals surface area contributed by atoms with Crippen molar-refractivity contribution in [3.8, 4) is 11.5 Å². The lowest BCUT2D eigenvalue weighted by Crippen LogP contribution is -1.93. The standard InChI is InChI=1S/C12H18O2S/c1-13-11-7-6-10(5-3-4-8-15)9-12(11)14-2/h6-7,9,15H,3-5,8H2,1-2H3. The van der Waals surface area contributed by atoms with Crippen LogP contribution < -0.4 is 9.47 Å². The van der Waals surface area contributed by atoms with Crippen LogP contribution in [-0.4, -0.2) is 20.0 Å². The molecule has 0 atom stereocenters. The van der Waals surface area contributed by atoms with Crippen LogP contribution in [0.3, 0.4) is 0 Å². The molecule has 0 aliphatic carbocycles. The van der Waals surface area contributed by atoms with Gasteiger partial charge in [0.15, 0.2) is 11.5 Å². The van der Waals surface area contributed by atoms with Gasteiger partial charge in [-0.15, -0.1) is 0 Å². The smallest absolute Gasteiger partial charge is 0.160 e. The molecule has 1 rings (SSSR count). The predicted octanol–water partition coefficient (Wildman–Crippen LogP) is 2.96. The van der Waals surface area contributed by atoms with Gasteiger partial charge in [-0.3, -0.25) is 0 Å². The van der Waals surface area contributed by atoms with Gasteiger partial charge in [-0.25, -0.2) is 0 Å². The molecule has 0 amide bonds. The fourth-order valence-electron chi connectivity index (χ4n) is 1.48. The Bertz CT molecular complexity index is 300. The van der Waals surface area contributed by atoms with E-state index in [-0.39, 0.29) is 0 Å². The minimum Gasteiger partial charge on any atom is -0.493 e. The van der Waals surface area contributed by atoms with Crippen molar-refractivity contribution in [2.45, 2.75) is 19.3 Å². The molecule has 15 heavy (non-hydrogen) atoms. The van der Waals surface area contributed by atoms with Crippen LogP contribution in [-0.2, 0) is 6.42 Å². The third-order valence-corrected chi connectivity index (χ3v) is 2.64. The number of hydrogen-bond acceptors (Lipinski definition) is 3. The first-order chi connectivity index (χ1) is 7.31. The number of benzene rings is 1. The Labute approximate surface area is 97.0 Å². The Balaban J connectivity index is 2.66. The van der Waals surface area contributed by atoms with Crippen molar-refractivity contribution in [3.63, 3.8) is 0 Å². The Morgan fingerprint density at radius 3 is 2.40 bits per heavy atom. The first-order valence-electron chi connectivity index (χ1n) is 5.13. The minimum atomic E-state index is 0.787. The molecule has 0 spiro atoms. The van der Waals surface area contributed by atoms with Gasteiger partial charge in [0, 0.05) is 0 Å². The lowest BCUT2D eigenvalue weighted by Gasteiger charge is -2.09. The maximum Gasteiger partial charge on any atom is 0.160 e. The summed E-state index contributed by atoms with van der Waals surface area (Å²) in [6.07, 6.45) is 3.39. The van der Waals surface area contributed by atoms with Crippen molar-refractivity contribution in [2.24, 2.45) is 0 Å². The number of methoxy groups -OCH3 is 2. The quantitative estimate of drug-likeness (QED) is 0.594. The third-order valence-electron chi connectivity index (χ3n) is 2.32. The molecule has 0 saturated carbocycles. The Hall–Kier alpha value is -0.830. The van der Waals surface area contributed by atoms with E-state index in [0.717, 1.165) is 30.1 Å². The highest BCUT2D eigenvalue weighted by atomic mass is 32.1. The van der Waals surface area contributed by atoms with Crippen LogP contribution in [0.2, 0.25) is 0 Å². The number of thiol groups is 1. The van der Waals surface area contributed by atoms with E-state index in [0.29, 0.717) is 0 Å². The van der Waals surface area contributed by atoms with Crippen molar-refractivity contribution < 1.29 is 9.47 Å². The average Bonchev–Trinajstić information content (AvgIpc) is 2.29. The van der Waals surface area contributed by atoms with E-state index in [2.05, 4.69) is 18.7 Å². The van der Waals surface area contributed by atoms with E-state index >= 15 is 0 Å². The summed E-state index contributed by atoms with van der Waals surface area (Å²) in [5, 5.41) is 0. The highest BCUT2D eigenvalue weighted by Crippen LogP contribution is 2.28. The summed E-state index contributed by atoms with van der Waals surface area (Å²) in [6, 6.07) is 6.08. The summed E-state index contributed by atoms with van der Waals surface area (Å²) in [7, 11) is 3.31. The molecule has 0 N–H and O–H groups in total. The number of rotatable bonds is 6. The topological polar surface area (TPSA) is 18.5 Å². The number of aryl methyl sites for hydroxylation is 1. The van der Waals surface area contributed by atoms with E-state index in [1.807, 2.05) is 12.1 Å². The van der Waals surface area contributed by atoms with Gasteiger partial charge in [0.2, 0.25) is 0 Å². The van der Waals surface area contributed by atoms with Crippen LogP contribution in [0.4, 0.5) is 0 Å². The highest BCUT2D eigenvalue weighted by Gasteiger charge is 2.03. The Morgan fingerprint density at radius 2 is 1.80 bits per heavy atom. The lowest BCUT2D eigenvalue weighted by atomic mass is 10.1. The lowest BCUT2D eigenvalue weighted by molar-refractivity contribution is 0.354. The van der Waals surface area contributed by atoms with Gasteiger partial charge >= 0.3 is 0 Å². The summed E-state index contributed by atoms with van der Waals surface area (Å²) in [6.45, 7) is 0. The molecule has 0 unspecified atom stereocenters. The molecular formula is C12H18O2S. The first-order valence-corrected chi connectivity index (χ1v) is 5.77. The van der Waals surface area contributed by atoms with E-state index in [1.54, 1.807) is 14.2 Å². The van der Waals surface area contributed by atoms with E-state index < -0.39 is 0 Å². The molecular weight excluding hydrogens is 208 g/mol. The summed E-state index contributed by atoms with van der Waals surface area (Å²) < 4.78 is 10.4. The van der Waals surface area contributed by atoms with Crippen molar-refractivity contribution in [1.29, 1.82) is 0 Å². The first kappa shape index (κ1) is 12.2. The minimum absolute atomic E-state index is 0.787. The van der Waals surface area contributed by atoms with Crippen LogP contribution in [0.5, 0.6) is 11.5 Å². The molecule has 0 aliphatic rings. The van der Waals surface area contributed by atoms with Gasteiger partial charge in [0.1, 0.15) is 0 Å². The molecule has 0 fully saturated rings. The van der Waals surface area contributed by atoms with Crippen molar-refractivity contribution >= 4 is 12.6 Å².